The molecule has 1 saturated heterocycles. The molecule has 1 aromatic carbocycles. The van der Waals surface area contributed by atoms with E-state index in [2.05, 4.69) is 0 Å². The molecule has 2 rings (SSSR count). The van der Waals surface area contributed by atoms with Crippen molar-refractivity contribution in [2.24, 2.45) is 5.92 Å². The average molecular weight is 387 g/mol. The van der Waals surface area contributed by atoms with Crippen LogP contribution in [0.3, 0.4) is 0 Å². The quantitative estimate of drug-likeness (QED) is 0.661. The third kappa shape index (κ3) is 5.78. The van der Waals surface area contributed by atoms with Gasteiger partial charge in [0.05, 0.1) is 7.11 Å². The van der Waals surface area contributed by atoms with Gasteiger partial charge >= 0.3 is 6.09 Å². The Hall–Kier alpha value is -1.92. The number of carbonyl (C=O) groups excluding carboxylic acids is 1. The van der Waals surface area contributed by atoms with Crippen molar-refractivity contribution in [1.82, 2.24) is 4.90 Å². The predicted molar refractivity (Wildman–Crippen MR) is 96.3 cm³/mol. The van der Waals surface area contributed by atoms with Crippen LogP contribution in [0.5, 0.6) is 5.75 Å². The molecule has 1 amide bonds. The molecule has 27 heavy (non-hydrogen) atoms. The van der Waals surface area contributed by atoms with E-state index < -0.39 is 23.1 Å². The van der Waals surface area contributed by atoms with Crippen molar-refractivity contribution < 1.29 is 27.4 Å². The number of amides is 1. The van der Waals surface area contributed by atoms with Crippen molar-refractivity contribution in [3.8, 4) is 5.75 Å². The summed E-state index contributed by atoms with van der Waals surface area (Å²) in [7, 11) is 1.24. The molecule has 1 heterocycles. The van der Waals surface area contributed by atoms with Crippen molar-refractivity contribution in [3.05, 3.63) is 29.1 Å². The Bertz CT molecular complexity index is 665. The summed E-state index contributed by atoms with van der Waals surface area (Å²) in [6.07, 6.45) is 3.42. The number of ether oxygens (including phenoxy) is 2. The fourth-order valence-electron chi connectivity index (χ4n) is 3.35. The van der Waals surface area contributed by atoms with Crippen LogP contribution in [0.1, 0.15) is 52.0 Å². The first-order valence-corrected chi connectivity index (χ1v) is 9.30. The Kier molecular flexibility index (Phi) is 7.00. The molecule has 4 nitrogen and oxygen atoms in total. The molecule has 0 spiro atoms. The lowest BCUT2D eigenvalue weighted by Gasteiger charge is -2.33. The summed E-state index contributed by atoms with van der Waals surface area (Å²) in [5.41, 5.74) is -0.174. The van der Waals surface area contributed by atoms with Crippen molar-refractivity contribution in [2.75, 3.05) is 20.2 Å². The number of nitrogens with zero attached hydrogens (tertiary/aromatic N) is 1. The van der Waals surface area contributed by atoms with Crippen molar-refractivity contribution in [2.45, 2.75) is 58.5 Å². The summed E-state index contributed by atoms with van der Waals surface area (Å²) in [4.78, 5) is 13.8. The highest BCUT2D eigenvalue weighted by Gasteiger charge is 2.27. The second-order valence-electron chi connectivity index (χ2n) is 7.98. The monoisotopic (exact) mass is 387 g/mol. The lowest BCUT2D eigenvalue weighted by atomic mass is 9.90. The van der Waals surface area contributed by atoms with Crippen LogP contribution in [0, 0.1) is 23.4 Å². The zero-order valence-corrected chi connectivity index (χ0v) is 16.4. The summed E-state index contributed by atoms with van der Waals surface area (Å²) in [6, 6.07) is 1.00. The third-order valence-electron chi connectivity index (χ3n) is 4.72. The van der Waals surface area contributed by atoms with Gasteiger partial charge in [-0.25, -0.2) is 13.6 Å². The van der Waals surface area contributed by atoms with Crippen molar-refractivity contribution >= 4 is 6.09 Å². The zero-order chi connectivity index (χ0) is 20.2. The first-order valence-electron chi connectivity index (χ1n) is 9.30. The number of piperidine rings is 1. The van der Waals surface area contributed by atoms with Crippen LogP contribution in [0.15, 0.2) is 6.07 Å². The third-order valence-corrected chi connectivity index (χ3v) is 4.72. The van der Waals surface area contributed by atoms with Gasteiger partial charge in [-0.05, 0) is 64.9 Å². The van der Waals surface area contributed by atoms with E-state index in [-0.39, 0.29) is 11.8 Å². The average Bonchev–Trinajstić information content (AvgIpc) is 2.59. The minimum Gasteiger partial charge on any atom is -0.493 e. The minimum absolute atomic E-state index is 0.228. The highest BCUT2D eigenvalue weighted by molar-refractivity contribution is 5.68. The maximum Gasteiger partial charge on any atom is 0.410 e. The Morgan fingerprint density at radius 3 is 2.37 bits per heavy atom. The van der Waals surface area contributed by atoms with E-state index >= 15 is 0 Å². The zero-order valence-electron chi connectivity index (χ0n) is 16.4. The number of likely N-dealkylation sites (tertiary alicyclic amines) is 1. The number of benzene rings is 1. The molecule has 1 aromatic rings. The van der Waals surface area contributed by atoms with Gasteiger partial charge in [-0.15, -0.1) is 0 Å². The molecule has 1 aliphatic heterocycles. The van der Waals surface area contributed by atoms with E-state index in [0.717, 1.165) is 25.3 Å². The van der Waals surface area contributed by atoms with E-state index in [9.17, 15) is 18.0 Å². The summed E-state index contributed by atoms with van der Waals surface area (Å²) in [5, 5.41) is 0. The van der Waals surface area contributed by atoms with Gasteiger partial charge in [-0.2, -0.15) is 4.39 Å². The molecule has 152 valence electrons. The highest BCUT2D eigenvalue weighted by atomic mass is 19.2. The molecule has 1 aliphatic rings. The topological polar surface area (TPSA) is 38.8 Å². The van der Waals surface area contributed by atoms with Crippen LogP contribution in [-0.4, -0.2) is 36.8 Å². The van der Waals surface area contributed by atoms with Crippen LogP contribution in [0.4, 0.5) is 18.0 Å². The lowest BCUT2D eigenvalue weighted by Crippen LogP contribution is -2.41. The summed E-state index contributed by atoms with van der Waals surface area (Å²) in [6.45, 7) is 6.80. The van der Waals surface area contributed by atoms with Crippen molar-refractivity contribution in [1.29, 1.82) is 0 Å². The van der Waals surface area contributed by atoms with E-state index in [4.69, 9.17) is 9.47 Å². The second-order valence-corrected chi connectivity index (χ2v) is 7.98. The fraction of sp³-hybridized carbons (Fsp3) is 0.650. The fourth-order valence-corrected chi connectivity index (χ4v) is 3.35. The number of aryl methyl sites for hydroxylation is 1. The maximum atomic E-state index is 13.8. The van der Waals surface area contributed by atoms with Crippen LogP contribution in [0.2, 0.25) is 0 Å². The molecule has 0 unspecified atom stereocenters. The van der Waals surface area contributed by atoms with E-state index in [1.54, 1.807) is 4.90 Å². The lowest BCUT2D eigenvalue weighted by molar-refractivity contribution is 0.0180. The van der Waals surface area contributed by atoms with Crippen LogP contribution >= 0.6 is 0 Å². The standard InChI is InChI=1S/C20H28F3NO3/c1-20(2,3)27-19(25)24-10-8-13(9-11-24)6-5-7-14-12-15(21)16(22)17(23)18(14)26-4/h12-13H,5-11H2,1-4H3. The molecule has 0 saturated carbocycles. The summed E-state index contributed by atoms with van der Waals surface area (Å²) >= 11 is 0. The SMILES string of the molecule is COc1c(CCCC2CCN(C(=O)OC(C)(C)C)CC2)cc(F)c(F)c1F. The van der Waals surface area contributed by atoms with Gasteiger partial charge in [0.25, 0.3) is 0 Å². The van der Waals surface area contributed by atoms with Gasteiger partial charge in [0, 0.05) is 18.7 Å². The summed E-state index contributed by atoms with van der Waals surface area (Å²) < 4.78 is 50.8. The van der Waals surface area contributed by atoms with Crippen LogP contribution < -0.4 is 4.74 Å². The van der Waals surface area contributed by atoms with Gasteiger partial charge in [0.2, 0.25) is 5.82 Å². The second kappa shape index (κ2) is 8.85. The first-order chi connectivity index (χ1) is 12.6. The Balaban J connectivity index is 1.82. The normalized spacial score (nSPS) is 15.7. The predicted octanol–water partition coefficient (Wildman–Crippen LogP) is 5.08. The molecule has 0 aromatic heterocycles. The maximum absolute atomic E-state index is 13.8. The molecule has 0 radical (unpaired) electrons. The minimum atomic E-state index is -1.51. The molecule has 0 atom stereocenters. The Morgan fingerprint density at radius 1 is 1.19 bits per heavy atom. The number of carbonyl (C=O) groups is 1. The van der Waals surface area contributed by atoms with Crippen LogP contribution in [0.25, 0.3) is 0 Å². The largest absolute Gasteiger partial charge is 0.493 e. The van der Waals surface area contributed by atoms with Gasteiger partial charge < -0.3 is 14.4 Å². The van der Waals surface area contributed by atoms with E-state index in [1.807, 2.05) is 20.8 Å². The molecule has 1 fully saturated rings. The first kappa shape index (κ1) is 21.4. The molecule has 7 heteroatoms. The number of halogens is 3. The Labute approximate surface area is 158 Å². The number of methoxy groups -OCH3 is 1. The van der Waals surface area contributed by atoms with Gasteiger partial charge in [0.15, 0.2) is 17.4 Å². The molecule has 0 aliphatic carbocycles. The molecule has 0 N–H and O–H groups in total. The van der Waals surface area contributed by atoms with Gasteiger partial charge in [0.1, 0.15) is 5.60 Å². The van der Waals surface area contributed by atoms with Crippen molar-refractivity contribution in [3.63, 3.8) is 0 Å². The number of rotatable bonds is 5. The molecular formula is C20H28F3NO3. The number of hydrogen-bond donors (Lipinski definition) is 0. The Morgan fingerprint density at radius 2 is 1.81 bits per heavy atom. The summed E-state index contributed by atoms with van der Waals surface area (Å²) in [5.74, 6) is -3.78. The molecule has 0 bridgehead atoms. The highest BCUT2D eigenvalue weighted by Crippen LogP contribution is 2.30. The van der Waals surface area contributed by atoms with Crippen LogP contribution in [-0.2, 0) is 11.2 Å². The van der Waals surface area contributed by atoms with Gasteiger partial charge in [-0.3, -0.25) is 0 Å². The number of hydrogen-bond acceptors (Lipinski definition) is 3. The van der Waals surface area contributed by atoms with E-state index in [0.29, 0.717) is 37.4 Å². The van der Waals surface area contributed by atoms with E-state index in [1.165, 1.54) is 7.11 Å². The van der Waals surface area contributed by atoms with Gasteiger partial charge in [-0.1, -0.05) is 0 Å². The molecular weight excluding hydrogens is 359 g/mol. The smallest absolute Gasteiger partial charge is 0.410 e.